The number of nitrogens with one attached hydrogen (secondary N) is 1. The predicted octanol–water partition coefficient (Wildman–Crippen LogP) is 0.935. The zero-order valence-corrected chi connectivity index (χ0v) is 11.8. The first-order valence-electron chi connectivity index (χ1n) is 7.36. The number of hydrogen-bond acceptors (Lipinski definition) is 4. The van der Waals surface area contributed by atoms with Crippen molar-refractivity contribution in [3.05, 3.63) is 0 Å². The van der Waals surface area contributed by atoms with E-state index < -0.39 is 12.7 Å². The molecule has 2 heterocycles. The smallest absolute Gasteiger partial charge is 0.379 e. The summed E-state index contributed by atoms with van der Waals surface area (Å²) in [6, 6.07) is 0.0546. The molecule has 0 unspecified atom stereocenters. The van der Waals surface area contributed by atoms with Gasteiger partial charge < -0.3 is 10.1 Å². The number of hydrogen-bond donors (Lipinski definition) is 1. The fraction of sp³-hybridized carbons (Fsp3) is 1.00. The Morgan fingerprint density at radius 2 is 1.80 bits per heavy atom. The van der Waals surface area contributed by atoms with E-state index in [1.165, 1.54) is 0 Å². The van der Waals surface area contributed by atoms with Crippen molar-refractivity contribution >= 4 is 0 Å². The molecule has 2 aliphatic rings. The summed E-state index contributed by atoms with van der Waals surface area (Å²) < 4.78 is 43.5. The molecule has 7 heteroatoms. The van der Waals surface area contributed by atoms with Crippen molar-refractivity contribution in [2.45, 2.75) is 25.1 Å². The van der Waals surface area contributed by atoms with E-state index in [2.05, 4.69) is 10.2 Å². The van der Waals surface area contributed by atoms with Gasteiger partial charge in [-0.25, -0.2) is 0 Å². The molecule has 20 heavy (non-hydrogen) atoms. The van der Waals surface area contributed by atoms with Crippen LogP contribution in [0, 0.1) is 0 Å². The highest BCUT2D eigenvalue weighted by Crippen LogP contribution is 2.21. The molecule has 0 aromatic carbocycles. The molecule has 118 valence electrons. The molecule has 0 spiro atoms. The van der Waals surface area contributed by atoms with Gasteiger partial charge in [0.25, 0.3) is 0 Å². The first-order valence-corrected chi connectivity index (χ1v) is 7.36. The molecule has 2 rings (SSSR count). The second-order valence-corrected chi connectivity index (χ2v) is 5.52. The highest BCUT2D eigenvalue weighted by atomic mass is 19.4. The monoisotopic (exact) mass is 295 g/mol. The van der Waals surface area contributed by atoms with Gasteiger partial charge in [-0.3, -0.25) is 9.80 Å². The van der Waals surface area contributed by atoms with Crippen molar-refractivity contribution in [1.82, 2.24) is 15.1 Å². The zero-order valence-electron chi connectivity index (χ0n) is 11.8. The first-order chi connectivity index (χ1) is 9.54. The second kappa shape index (κ2) is 7.59. The topological polar surface area (TPSA) is 27.7 Å². The predicted molar refractivity (Wildman–Crippen MR) is 70.8 cm³/mol. The molecule has 0 amide bonds. The summed E-state index contributed by atoms with van der Waals surface area (Å²) in [5.41, 5.74) is 0. The summed E-state index contributed by atoms with van der Waals surface area (Å²) in [5, 5.41) is 3.20. The van der Waals surface area contributed by atoms with Crippen molar-refractivity contribution in [1.29, 1.82) is 0 Å². The van der Waals surface area contributed by atoms with Crippen LogP contribution in [0.4, 0.5) is 13.2 Å². The minimum atomic E-state index is -4.12. The van der Waals surface area contributed by atoms with Crippen LogP contribution in [0.15, 0.2) is 0 Å². The summed E-state index contributed by atoms with van der Waals surface area (Å²) in [4.78, 5) is 3.81. The van der Waals surface area contributed by atoms with Crippen LogP contribution in [-0.2, 0) is 4.74 Å². The largest absolute Gasteiger partial charge is 0.401 e. The lowest BCUT2D eigenvalue weighted by molar-refractivity contribution is -0.152. The Balaban J connectivity index is 1.84. The Labute approximate surface area is 118 Å². The van der Waals surface area contributed by atoms with Crippen LogP contribution < -0.4 is 5.32 Å². The highest BCUT2D eigenvalue weighted by molar-refractivity contribution is 4.80. The lowest BCUT2D eigenvalue weighted by Crippen LogP contribution is -2.50. The lowest BCUT2D eigenvalue weighted by Gasteiger charge is -2.37. The molecule has 0 bridgehead atoms. The molecule has 2 saturated heterocycles. The fourth-order valence-electron chi connectivity index (χ4n) is 2.89. The van der Waals surface area contributed by atoms with Crippen LogP contribution in [0.25, 0.3) is 0 Å². The van der Waals surface area contributed by atoms with E-state index >= 15 is 0 Å². The van der Waals surface area contributed by atoms with E-state index in [-0.39, 0.29) is 6.04 Å². The summed E-state index contributed by atoms with van der Waals surface area (Å²) in [5.74, 6) is 0. The Bertz CT molecular complexity index is 277. The maximum absolute atomic E-state index is 12.7. The SMILES string of the molecule is FC(F)(F)CN(CCN1CCOCC1)C1CCNCC1. The van der Waals surface area contributed by atoms with E-state index in [9.17, 15) is 13.2 Å². The van der Waals surface area contributed by atoms with Crippen molar-refractivity contribution in [3.8, 4) is 0 Å². The lowest BCUT2D eigenvalue weighted by atomic mass is 10.0. The summed E-state index contributed by atoms with van der Waals surface area (Å²) >= 11 is 0. The third-order valence-electron chi connectivity index (χ3n) is 4.01. The van der Waals surface area contributed by atoms with E-state index in [0.717, 1.165) is 39.0 Å². The molecule has 0 aromatic heterocycles. The normalized spacial score (nSPS) is 23.4. The Morgan fingerprint density at radius 3 is 2.40 bits per heavy atom. The van der Waals surface area contributed by atoms with Crippen LogP contribution in [-0.4, -0.2) is 81.0 Å². The van der Waals surface area contributed by atoms with Gasteiger partial charge in [0.1, 0.15) is 0 Å². The average Bonchev–Trinajstić information content (AvgIpc) is 2.44. The number of nitrogens with zero attached hydrogens (tertiary/aromatic N) is 2. The number of rotatable bonds is 5. The molecular formula is C13H24F3N3O. The van der Waals surface area contributed by atoms with Gasteiger partial charge in [0, 0.05) is 32.2 Å². The van der Waals surface area contributed by atoms with Gasteiger partial charge in [-0.05, 0) is 25.9 Å². The Morgan fingerprint density at radius 1 is 1.15 bits per heavy atom. The van der Waals surface area contributed by atoms with Gasteiger partial charge in [0.15, 0.2) is 0 Å². The standard InChI is InChI=1S/C13H24F3N3O/c14-13(15,16)11-19(12-1-3-17-4-2-12)6-5-18-7-9-20-10-8-18/h12,17H,1-11H2. The minimum Gasteiger partial charge on any atom is -0.379 e. The fourth-order valence-corrected chi connectivity index (χ4v) is 2.89. The summed E-state index contributed by atoms with van der Waals surface area (Å²) in [6.07, 6.45) is -2.51. The molecule has 4 nitrogen and oxygen atoms in total. The molecular weight excluding hydrogens is 271 g/mol. The molecule has 0 saturated carbocycles. The molecule has 1 N–H and O–H groups in total. The van der Waals surface area contributed by atoms with Gasteiger partial charge in [0.2, 0.25) is 0 Å². The van der Waals surface area contributed by atoms with Gasteiger partial charge in [-0.1, -0.05) is 0 Å². The number of morpholine rings is 1. The van der Waals surface area contributed by atoms with Crippen molar-refractivity contribution in [3.63, 3.8) is 0 Å². The number of halogens is 3. The third kappa shape index (κ3) is 5.55. The van der Waals surface area contributed by atoms with Crippen LogP contribution in [0.3, 0.4) is 0 Å². The quantitative estimate of drug-likeness (QED) is 0.817. The van der Waals surface area contributed by atoms with E-state index in [1.54, 1.807) is 4.90 Å². The van der Waals surface area contributed by atoms with Gasteiger partial charge in [-0.2, -0.15) is 13.2 Å². The molecule has 0 atom stereocenters. The maximum atomic E-state index is 12.7. The van der Waals surface area contributed by atoms with Crippen molar-refractivity contribution in [2.24, 2.45) is 0 Å². The number of piperidine rings is 1. The van der Waals surface area contributed by atoms with Crippen molar-refractivity contribution < 1.29 is 17.9 Å². The van der Waals surface area contributed by atoms with Crippen LogP contribution in [0.5, 0.6) is 0 Å². The van der Waals surface area contributed by atoms with Crippen LogP contribution in [0.1, 0.15) is 12.8 Å². The second-order valence-electron chi connectivity index (χ2n) is 5.52. The molecule has 0 aliphatic carbocycles. The van der Waals surface area contributed by atoms with E-state index in [0.29, 0.717) is 26.3 Å². The van der Waals surface area contributed by atoms with E-state index in [1.807, 2.05) is 0 Å². The van der Waals surface area contributed by atoms with Crippen molar-refractivity contribution in [2.75, 3.05) is 59.0 Å². The number of ether oxygens (including phenoxy) is 1. The average molecular weight is 295 g/mol. The van der Waals surface area contributed by atoms with Crippen LogP contribution >= 0.6 is 0 Å². The maximum Gasteiger partial charge on any atom is 0.401 e. The number of alkyl halides is 3. The third-order valence-corrected chi connectivity index (χ3v) is 4.01. The van der Waals surface area contributed by atoms with Gasteiger partial charge in [0.05, 0.1) is 19.8 Å². The molecule has 2 fully saturated rings. The zero-order chi connectivity index (χ0) is 14.4. The molecule has 0 radical (unpaired) electrons. The van der Waals surface area contributed by atoms with Crippen LogP contribution in [0.2, 0.25) is 0 Å². The molecule has 2 aliphatic heterocycles. The van der Waals surface area contributed by atoms with E-state index in [4.69, 9.17) is 4.74 Å². The summed E-state index contributed by atoms with van der Waals surface area (Å²) in [6.45, 7) is 5.06. The highest BCUT2D eigenvalue weighted by Gasteiger charge is 2.34. The summed E-state index contributed by atoms with van der Waals surface area (Å²) in [7, 11) is 0. The first kappa shape index (κ1) is 16.0. The Hall–Kier alpha value is -0.370. The molecule has 0 aromatic rings. The minimum absolute atomic E-state index is 0.0546. The van der Waals surface area contributed by atoms with Gasteiger partial charge >= 0.3 is 6.18 Å². The Kier molecular flexibility index (Phi) is 6.07. The van der Waals surface area contributed by atoms with Gasteiger partial charge in [-0.15, -0.1) is 0 Å².